The Bertz CT molecular complexity index is 1180. The van der Waals surface area contributed by atoms with Crippen molar-refractivity contribution in [2.24, 2.45) is 0 Å². The molecule has 2 aromatic carbocycles. The highest BCUT2D eigenvalue weighted by Gasteiger charge is 2.30. The molecule has 7 nitrogen and oxygen atoms in total. The molecule has 1 atom stereocenters. The van der Waals surface area contributed by atoms with E-state index in [0.717, 1.165) is 11.1 Å². The van der Waals surface area contributed by atoms with Crippen molar-refractivity contribution in [3.63, 3.8) is 0 Å². The van der Waals surface area contributed by atoms with Gasteiger partial charge in [0.2, 0.25) is 0 Å². The predicted octanol–water partition coefficient (Wildman–Crippen LogP) is 3.24. The lowest BCUT2D eigenvalue weighted by molar-refractivity contribution is -0.149. The summed E-state index contributed by atoms with van der Waals surface area (Å²) >= 11 is 0. The fraction of sp³-hybridized carbons (Fsp3) is 0.227. The Morgan fingerprint density at radius 1 is 1.14 bits per heavy atom. The van der Waals surface area contributed by atoms with Crippen LogP contribution in [0.4, 0.5) is 5.69 Å². The molecule has 1 aromatic heterocycles. The predicted molar refractivity (Wildman–Crippen MR) is 106 cm³/mol. The molecular formula is C22H19NO6. The van der Waals surface area contributed by atoms with Crippen molar-refractivity contribution >= 4 is 28.5 Å². The second-order valence-corrected chi connectivity index (χ2v) is 6.93. The van der Waals surface area contributed by atoms with Crippen LogP contribution < -0.4 is 15.7 Å². The van der Waals surface area contributed by atoms with Crippen molar-refractivity contribution in [3.05, 3.63) is 69.6 Å². The van der Waals surface area contributed by atoms with Gasteiger partial charge < -0.3 is 19.2 Å². The van der Waals surface area contributed by atoms with Crippen molar-refractivity contribution in [3.8, 4) is 5.75 Å². The van der Waals surface area contributed by atoms with Gasteiger partial charge in [-0.15, -0.1) is 0 Å². The van der Waals surface area contributed by atoms with Crippen molar-refractivity contribution in [2.75, 3.05) is 5.32 Å². The molecule has 0 radical (unpaired) electrons. The molecule has 1 unspecified atom stereocenters. The van der Waals surface area contributed by atoms with E-state index in [1.807, 2.05) is 26.0 Å². The molecule has 148 valence electrons. The third kappa shape index (κ3) is 3.71. The van der Waals surface area contributed by atoms with E-state index in [9.17, 15) is 14.4 Å². The number of aryl methyl sites for hydroxylation is 2. The highest BCUT2D eigenvalue weighted by atomic mass is 16.5. The first kappa shape index (κ1) is 18.7. The maximum Gasteiger partial charge on any atom is 0.336 e. The maximum atomic E-state index is 12.3. The van der Waals surface area contributed by atoms with Crippen LogP contribution in [0.1, 0.15) is 23.1 Å². The van der Waals surface area contributed by atoms with E-state index in [2.05, 4.69) is 5.32 Å². The summed E-state index contributed by atoms with van der Waals surface area (Å²) in [6, 6.07) is 12.1. The number of hydrogen-bond acceptors (Lipinski definition) is 6. The smallest absolute Gasteiger partial charge is 0.336 e. The maximum absolute atomic E-state index is 12.3. The minimum Gasteiger partial charge on any atom is -0.478 e. The first-order valence-corrected chi connectivity index (χ1v) is 9.17. The number of fused-ring (bicyclic) bond motifs is 2. The molecule has 1 aliphatic heterocycles. The number of carbonyl (C=O) groups is 2. The number of anilines is 1. The lowest BCUT2D eigenvalue weighted by Gasteiger charge is -2.25. The van der Waals surface area contributed by atoms with Crippen molar-refractivity contribution < 1.29 is 23.5 Å². The number of rotatable bonds is 4. The van der Waals surface area contributed by atoms with Crippen LogP contribution >= 0.6 is 0 Å². The van der Waals surface area contributed by atoms with Crippen LogP contribution in [0.2, 0.25) is 0 Å². The minimum absolute atomic E-state index is 0.103. The summed E-state index contributed by atoms with van der Waals surface area (Å²) in [5, 5.41) is 3.42. The first-order valence-electron chi connectivity index (χ1n) is 9.17. The number of benzene rings is 2. The molecule has 0 aliphatic carbocycles. The Balaban J connectivity index is 1.47. The summed E-state index contributed by atoms with van der Waals surface area (Å²) in [7, 11) is 0. The molecule has 0 saturated heterocycles. The van der Waals surface area contributed by atoms with Crippen LogP contribution in [-0.4, -0.2) is 18.0 Å². The molecule has 0 fully saturated rings. The van der Waals surface area contributed by atoms with E-state index < -0.39 is 23.6 Å². The highest BCUT2D eigenvalue weighted by molar-refractivity contribution is 5.99. The monoisotopic (exact) mass is 393 g/mol. The summed E-state index contributed by atoms with van der Waals surface area (Å²) in [5.74, 6) is -0.505. The van der Waals surface area contributed by atoms with E-state index >= 15 is 0 Å². The average molecular weight is 393 g/mol. The standard InChI is InChI=1S/C22H19NO6/c1-12-7-8-15-14(9-20(25)29-21(15)13(12)2)11-27-19(24)10-18-22(26)23-16-5-3-4-6-17(16)28-18/h3-9,18H,10-11H2,1-2H3,(H,23,26). The zero-order valence-corrected chi connectivity index (χ0v) is 16.0. The molecule has 1 amide bonds. The van der Waals surface area contributed by atoms with Crippen LogP contribution in [0.3, 0.4) is 0 Å². The Labute approximate surface area is 166 Å². The topological polar surface area (TPSA) is 94.8 Å². The van der Waals surface area contributed by atoms with Crippen LogP contribution in [0.5, 0.6) is 5.75 Å². The summed E-state index contributed by atoms with van der Waals surface area (Å²) in [6.45, 7) is 3.69. The number of nitrogens with one attached hydrogen (secondary N) is 1. The third-order valence-corrected chi connectivity index (χ3v) is 4.96. The van der Waals surface area contributed by atoms with Gasteiger partial charge in [-0.2, -0.15) is 0 Å². The number of para-hydroxylation sites is 2. The van der Waals surface area contributed by atoms with E-state index in [-0.39, 0.29) is 13.0 Å². The Hall–Kier alpha value is -3.61. The number of carbonyl (C=O) groups excluding carboxylic acids is 2. The van der Waals surface area contributed by atoms with Crippen molar-refractivity contribution in [1.29, 1.82) is 0 Å². The summed E-state index contributed by atoms with van der Waals surface area (Å²) < 4.78 is 16.2. The molecule has 3 aromatic rings. The van der Waals surface area contributed by atoms with Gasteiger partial charge in [-0.1, -0.05) is 24.3 Å². The van der Waals surface area contributed by atoms with Crippen molar-refractivity contribution in [2.45, 2.75) is 33.0 Å². The van der Waals surface area contributed by atoms with Crippen molar-refractivity contribution in [1.82, 2.24) is 0 Å². The fourth-order valence-electron chi connectivity index (χ4n) is 3.24. The second-order valence-electron chi connectivity index (χ2n) is 6.93. The normalized spacial score (nSPS) is 15.4. The lowest BCUT2D eigenvalue weighted by Crippen LogP contribution is -2.38. The average Bonchev–Trinajstić information content (AvgIpc) is 2.70. The van der Waals surface area contributed by atoms with Gasteiger partial charge in [0.15, 0.2) is 6.10 Å². The Morgan fingerprint density at radius 3 is 2.76 bits per heavy atom. The molecule has 29 heavy (non-hydrogen) atoms. The Morgan fingerprint density at radius 2 is 1.93 bits per heavy atom. The van der Waals surface area contributed by atoms with E-state index in [4.69, 9.17) is 13.9 Å². The largest absolute Gasteiger partial charge is 0.478 e. The van der Waals surface area contributed by atoms with E-state index in [0.29, 0.717) is 28.0 Å². The Kier molecular flexibility index (Phi) is 4.80. The summed E-state index contributed by atoms with van der Waals surface area (Å²) in [5.41, 5.74) is 2.94. The van der Waals surface area contributed by atoms with Gasteiger partial charge in [0.05, 0.1) is 12.1 Å². The molecule has 0 saturated carbocycles. The third-order valence-electron chi connectivity index (χ3n) is 4.96. The molecule has 0 bridgehead atoms. The van der Waals surface area contributed by atoms with Crippen LogP contribution in [0.25, 0.3) is 11.0 Å². The number of ether oxygens (including phenoxy) is 2. The zero-order valence-electron chi connectivity index (χ0n) is 16.0. The zero-order chi connectivity index (χ0) is 20.5. The van der Waals surface area contributed by atoms with Gasteiger partial charge in [-0.25, -0.2) is 4.79 Å². The van der Waals surface area contributed by atoms with Crippen LogP contribution in [-0.2, 0) is 20.9 Å². The van der Waals surface area contributed by atoms with E-state index in [1.165, 1.54) is 6.07 Å². The molecule has 2 heterocycles. The van der Waals surface area contributed by atoms with E-state index in [1.54, 1.807) is 24.3 Å². The van der Waals surface area contributed by atoms with Gasteiger partial charge in [-0.05, 0) is 37.1 Å². The quantitative estimate of drug-likeness (QED) is 0.540. The SMILES string of the molecule is Cc1ccc2c(COC(=O)CC3Oc4ccccc4NC3=O)cc(=O)oc2c1C. The van der Waals surface area contributed by atoms with Gasteiger partial charge in [0, 0.05) is 17.0 Å². The van der Waals surface area contributed by atoms with Gasteiger partial charge >= 0.3 is 11.6 Å². The second kappa shape index (κ2) is 7.43. The number of esters is 1. The summed E-state index contributed by atoms with van der Waals surface area (Å²) in [6.07, 6.45) is -1.21. The molecule has 1 aliphatic rings. The fourth-order valence-corrected chi connectivity index (χ4v) is 3.24. The highest BCUT2D eigenvalue weighted by Crippen LogP contribution is 2.30. The molecule has 7 heteroatoms. The number of amides is 1. The molecular weight excluding hydrogens is 374 g/mol. The van der Waals surface area contributed by atoms with Gasteiger partial charge in [0.25, 0.3) is 5.91 Å². The lowest BCUT2D eigenvalue weighted by atomic mass is 10.0. The summed E-state index contributed by atoms with van der Waals surface area (Å²) in [4.78, 5) is 36.4. The molecule has 4 rings (SSSR count). The first-order chi connectivity index (χ1) is 13.9. The minimum atomic E-state index is -0.972. The van der Waals surface area contributed by atoms with Crippen LogP contribution in [0, 0.1) is 13.8 Å². The number of hydrogen-bond donors (Lipinski definition) is 1. The van der Waals surface area contributed by atoms with Gasteiger partial charge in [0.1, 0.15) is 17.9 Å². The van der Waals surface area contributed by atoms with Gasteiger partial charge in [-0.3, -0.25) is 9.59 Å². The molecule has 1 N–H and O–H groups in total. The van der Waals surface area contributed by atoms with Crippen LogP contribution in [0.15, 0.2) is 51.7 Å². The molecule has 0 spiro atoms.